The minimum absolute atomic E-state index is 0. The van der Waals surface area contributed by atoms with Gasteiger partial charge in [-0.2, -0.15) is 10.1 Å². The van der Waals surface area contributed by atoms with Gasteiger partial charge in [0.25, 0.3) is 5.91 Å². The fraction of sp³-hybridized carbons (Fsp3) is 0.462. The number of hydrogen-bond acceptors (Lipinski definition) is 5. The van der Waals surface area contributed by atoms with E-state index in [4.69, 9.17) is 4.74 Å². The van der Waals surface area contributed by atoms with Crippen LogP contribution in [0.1, 0.15) is 12.0 Å². The maximum Gasteiger partial charge on any atom is 0.254 e. The van der Waals surface area contributed by atoms with Gasteiger partial charge in [0.2, 0.25) is 0 Å². The summed E-state index contributed by atoms with van der Waals surface area (Å²) < 4.78 is 5.63. The number of carbonyl (C=O) groups is 1. The molecule has 1 amide bonds. The zero-order valence-corrected chi connectivity index (χ0v) is 13.2. The first-order valence-electron chi connectivity index (χ1n) is 6.39. The van der Waals surface area contributed by atoms with Crippen LogP contribution in [0, 0.1) is 6.92 Å². The van der Waals surface area contributed by atoms with Crippen molar-refractivity contribution in [1.29, 1.82) is 0 Å². The lowest BCUT2D eigenvalue weighted by Crippen LogP contribution is -2.42. The Morgan fingerprint density at radius 1 is 1.43 bits per heavy atom. The first kappa shape index (κ1) is 17.8. The number of nitrogens with one attached hydrogen (secondary N) is 1. The molecule has 0 spiro atoms. The molecular formula is C13H18Cl2N4O2. The van der Waals surface area contributed by atoms with Crippen LogP contribution in [-0.4, -0.2) is 42.4 Å². The number of aryl methyl sites for hydroxylation is 1. The van der Waals surface area contributed by atoms with Gasteiger partial charge in [-0.15, -0.1) is 24.8 Å². The minimum atomic E-state index is -0.104. The summed E-state index contributed by atoms with van der Waals surface area (Å²) in [5, 5.41) is 8.99. The van der Waals surface area contributed by atoms with E-state index >= 15 is 0 Å². The Morgan fingerprint density at radius 3 is 2.90 bits per heavy atom. The van der Waals surface area contributed by atoms with E-state index in [0.29, 0.717) is 25.4 Å². The molecule has 21 heavy (non-hydrogen) atoms. The molecule has 1 fully saturated rings. The lowest BCUT2D eigenvalue weighted by atomic mass is 10.1. The first-order valence-corrected chi connectivity index (χ1v) is 6.39. The Morgan fingerprint density at radius 2 is 2.24 bits per heavy atom. The standard InChI is InChI=1S/C13H16N4O2.2ClH/c1-9-2-3-15-12(6-9)17-13(18)7-10(16-17)11-8-14-4-5-19-11;;/h2-3,6,11,14H,4-5,7-8H2,1H3;2*1H. The monoisotopic (exact) mass is 332 g/mol. The van der Waals surface area contributed by atoms with Crippen LogP contribution in [0.3, 0.4) is 0 Å². The summed E-state index contributed by atoms with van der Waals surface area (Å²) >= 11 is 0. The molecule has 3 rings (SSSR count). The predicted molar refractivity (Wildman–Crippen MR) is 85.6 cm³/mol. The van der Waals surface area contributed by atoms with E-state index in [-0.39, 0.29) is 36.8 Å². The summed E-state index contributed by atoms with van der Waals surface area (Å²) in [5.41, 5.74) is 1.83. The van der Waals surface area contributed by atoms with E-state index < -0.39 is 0 Å². The van der Waals surface area contributed by atoms with Gasteiger partial charge in [0.15, 0.2) is 5.82 Å². The van der Waals surface area contributed by atoms with Crippen molar-refractivity contribution in [3.8, 4) is 0 Å². The lowest BCUT2D eigenvalue weighted by molar-refractivity contribution is -0.117. The zero-order chi connectivity index (χ0) is 13.2. The van der Waals surface area contributed by atoms with E-state index in [2.05, 4.69) is 15.4 Å². The first-order chi connectivity index (χ1) is 9.24. The van der Waals surface area contributed by atoms with Gasteiger partial charge in [0.1, 0.15) is 6.10 Å². The van der Waals surface area contributed by atoms with Gasteiger partial charge < -0.3 is 10.1 Å². The van der Waals surface area contributed by atoms with E-state index in [1.807, 2.05) is 19.1 Å². The number of nitrogens with zero attached hydrogens (tertiary/aromatic N) is 3. The molecule has 0 aromatic carbocycles. The van der Waals surface area contributed by atoms with Crippen molar-refractivity contribution in [1.82, 2.24) is 10.3 Å². The molecule has 8 heteroatoms. The van der Waals surface area contributed by atoms with E-state index in [1.54, 1.807) is 6.20 Å². The SMILES string of the molecule is Cc1ccnc(N2N=C(C3CNCCO3)CC2=O)c1.Cl.Cl. The predicted octanol–water partition coefficient (Wildman–Crippen LogP) is 1.31. The Labute approximate surface area is 135 Å². The summed E-state index contributed by atoms with van der Waals surface area (Å²) in [6.45, 7) is 4.17. The van der Waals surface area contributed by atoms with Crippen LogP contribution >= 0.6 is 24.8 Å². The summed E-state index contributed by atoms with van der Waals surface area (Å²) in [7, 11) is 0. The molecule has 116 valence electrons. The highest BCUT2D eigenvalue weighted by Crippen LogP contribution is 2.21. The van der Waals surface area contributed by atoms with Crippen LogP contribution in [0.15, 0.2) is 23.4 Å². The summed E-state index contributed by atoms with van der Waals surface area (Å²) in [6.07, 6.45) is 1.89. The summed E-state index contributed by atoms with van der Waals surface area (Å²) in [4.78, 5) is 16.2. The molecule has 1 aromatic rings. The number of carbonyl (C=O) groups excluding carboxylic acids is 1. The lowest BCUT2D eigenvalue weighted by Gasteiger charge is -2.22. The number of pyridine rings is 1. The van der Waals surface area contributed by atoms with E-state index in [1.165, 1.54) is 5.01 Å². The molecule has 0 bridgehead atoms. The van der Waals surface area contributed by atoms with Crippen molar-refractivity contribution in [3.05, 3.63) is 23.9 Å². The third kappa shape index (κ3) is 3.91. The molecule has 1 unspecified atom stereocenters. The van der Waals surface area contributed by atoms with Gasteiger partial charge in [-0.3, -0.25) is 4.79 Å². The Hall–Kier alpha value is -1.21. The molecule has 2 aliphatic heterocycles. The maximum absolute atomic E-state index is 12.0. The summed E-state index contributed by atoms with van der Waals surface area (Å²) in [5.74, 6) is 0.519. The molecule has 1 atom stereocenters. The zero-order valence-electron chi connectivity index (χ0n) is 11.6. The number of halogens is 2. The van der Waals surface area contributed by atoms with Crippen LogP contribution in [0.5, 0.6) is 0 Å². The average Bonchev–Trinajstić information content (AvgIpc) is 2.82. The minimum Gasteiger partial charge on any atom is -0.370 e. The van der Waals surface area contributed by atoms with Crippen molar-refractivity contribution in [2.45, 2.75) is 19.4 Å². The molecule has 0 aliphatic carbocycles. The highest BCUT2D eigenvalue weighted by molar-refractivity contribution is 6.14. The fourth-order valence-electron chi connectivity index (χ4n) is 2.22. The molecule has 6 nitrogen and oxygen atoms in total. The van der Waals surface area contributed by atoms with Crippen LogP contribution in [0.25, 0.3) is 0 Å². The third-order valence-corrected chi connectivity index (χ3v) is 3.21. The van der Waals surface area contributed by atoms with Crippen LogP contribution < -0.4 is 10.3 Å². The number of anilines is 1. The van der Waals surface area contributed by atoms with Gasteiger partial charge in [-0.05, 0) is 24.6 Å². The van der Waals surface area contributed by atoms with Crippen molar-refractivity contribution in [2.75, 3.05) is 24.7 Å². The third-order valence-electron chi connectivity index (χ3n) is 3.21. The van der Waals surface area contributed by atoms with Gasteiger partial charge in [0, 0.05) is 19.3 Å². The number of rotatable bonds is 2. The van der Waals surface area contributed by atoms with Gasteiger partial charge in [-0.25, -0.2) is 4.98 Å². The van der Waals surface area contributed by atoms with Crippen molar-refractivity contribution >= 4 is 42.3 Å². The number of ether oxygens (including phenoxy) is 1. The Kier molecular flexibility index (Phi) is 6.54. The van der Waals surface area contributed by atoms with Crippen LogP contribution in [-0.2, 0) is 9.53 Å². The van der Waals surface area contributed by atoms with Gasteiger partial charge in [0.05, 0.1) is 18.7 Å². The Bertz CT molecular complexity index is 533. The highest BCUT2D eigenvalue weighted by atomic mass is 35.5. The van der Waals surface area contributed by atoms with Crippen molar-refractivity contribution in [2.24, 2.45) is 5.10 Å². The van der Waals surface area contributed by atoms with Gasteiger partial charge >= 0.3 is 0 Å². The molecule has 2 aliphatic rings. The average molecular weight is 333 g/mol. The second-order valence-corrected chi connectivity index (χ2v) is 4.73. The Balaban J connectivity index is 0.00000110. The molecule has 1 N–H and O–H groups in total. The quantitative estimate of drug-likeness (QED) is 0.886. The largest absolute Gasteiger partial charge is 0.370 e. The smallest absolute Gasteiger partial charge is 0.254 e. The molecule has 0 saturated carbocycles. The number of morpholine rings is 1. The molecule has 1 aromatic heterocycles. The topological polar surface area (TPSA) is 66.8 Å². The number of amides is 1. The number of aromatic nitrogens is 1. The molecular weight excluding hydrogens is 315 g/mol. The van der Waals surface area contributed by atoms with Crippen molar-refractivity contribution < 1.29 is 9.53 Å². The highest BCUT2D eigenvalue weighted by Gasteiger charge is 2.32. The maximum atomic E-state index is 12.0. The molecule has 3 heterocycles. The van der Waals surface area contributed by atoms with Crippen molar-refractivity contribution in [3.63, 3.8) is 0 Å². The number of hydrazone groups is 1. The summed E-state index contributed by atoms with van der Waals surface area (Å²) in [6, 6.07) is 3.74. The van der Waals surface area contributed by atoms with Crippen LogP contribution in [0.4, 0.5) is 5.82 Å². The fourth-order valence-corrected chi connectivity index (χ4v) is 2.22. The normalized spacial score (nSPS) is 21.4. The second-order valence-electron chi connectivity index (χ2n) is 4.73. The van der Waals surface area contributed by atoms with E-state index in [9.17, 15) is 4.79 Å². The molecule has 1 saturated heterocycles. The van der Waals surface area contributed by atoms with Crippen LogP contribution in [0.2, 0.25) is 0 Å². The number of hydrogen-bond donors (Lipinski definition) is 1. The molecule has 0 radical (unpaired) electrons. The van der Waals surface area contributed by atoms with E-state index in [0.717, 1.165) is 17.8 Å². The van der Waals surface area contributed by atoms with Gasteiger partial charge in [-0.1, -0.05) is 0 Å². The second kappa shape index (κ2) is 7.70.